The molecule has 5 rings (SSSR count). The van der Waals surface area contributed by atoms with Crippen molar-refractivity contribution < 1.29 is 14.4 Å². The van der Waals surface area contributed by atoms with E-state index in [9.17, 15) is 10.1 Å². The molecule has 33 heavy (non-hydrogen) atoms. The van der Waals surface area contributed by atoms with E-state index in [4.69, 9.17) is 9.47 Å². The number of ether oxygens (including phenoxy) is 2. The van der Waals surface area contributed by atoms with Crippen LogP contribution in [0.5, 0.6) is 11.5 Å². The molecular formula is C26H23BrN2O4. The molecule has 0 bridgehead atoms. The van der Waals surface area contributed by atoms with Crippen molar-refractivity contribution in [1.29, 1.82) is 0 Å². The Bertz CT molecular complexity index is 1320. The molecule has 0 saturated heterocycles. The van der Waals surface area contributed by atoms with Gasteiger partial charge in [-0.3, -0.25) is 10.1 Å². The van der Waals surface area contributed by atoms with Gasteiger partial charge in [-0.05, 0) is 53.1 Å². The average molecular weight is 507 g/mol. The lowest BCUT2D eigenvalue weighted by Gasteiger charge is -2.45. The van der Waals surface area contributed by atoms with Crippen molar-refractivity contribution in [1.82, 2.24) is 0 Å². The van der Waals surface area contributed by atoms with Gasteiger partial charge in [0.05, 0.1) is 33.7 Å². The van der Waals surface area contributed by atoms with E-state index >= 15 is 0 Å². The first-order chi connectivity index (χ1) is 15.7. The van der Waals surface area contributed by atoms with Gasteiger partial charge in [-0.25, -0.2) is 0 Å². The second-order valence-electron chi connectivity index (χ2n) is 8.80. The summed E-state index contributed by atoms with van der Waals surface area (Å²) in [4.78, 5) is 13.7. The number of nitro groups is 1. The minimum atomic E-state index is -0.952. The van der Waals surface area contributed by atoms with Gasteiger partial charge in [0.15, 0.2) is 0 Å². The minimum Gasteiger partial charge on any atom is -0.495 e. The number of nitrogens with zero attached hydrogens (tertiary/aromatic N) is 2. The van der Waals surface area contributed by atoms with E-state index in [0.29, 0.717) is 15.8 Å². The standard InChI is InChI=1S/C26H23BrN2O4/c1-25(2)19-12-8-11-17(16-9-6-5-7-10-16)23(19)28(3)26(25)14-13-18-22(27)21(32-4)15-20(29(30)31)24(18)33-26/h5-15H,1-4H3. The van der Waals surface area contributed by atoms with Crippen LogP contribution in [0.15, 0.2) is 65.1 Å². The molecular weight excluding hydrogens is 484 g/mol. The maximum Gasteiger partial charge on any atom is 0.315 e. The predicted octanol–water partition coefficient (Wildman–Crippen LogP) is 6.56. The molecule has 0 saturated carbocycles. The predicted molar refractivity (Wildman–Crippen MR) is 133 cm³/mol. The van der Waals surface area contributed by atoms with Crippen molar-refractivity contribution in [3.05, 3.63) is 86.4 Å². The SMILES string of the molecule is COc1cc([N+](=O)[O-])c2c(c1Br)C=CC1(O2)N(C)c2c(-c3ccccc3)cccc2C1(C)C. The van der Waals surface area contributed by atoms with Crippen molar-refractivity contribution in [2.24, 2.45) is 0 Å². The van der Waals surface area contributed by atoms with Crippen LogP contribution in [0.2, 0.25) is 0 Å². The number of rotatable bonds is 3. The van der Waals surface area contributed by atoms with Crippen LogP contribution in [-0.2, 0) is 5.41 Å². The summed E-state index contributed by atoms with van der Waals surface area (Å²) in [6.07, 6.45) is 3.89. The van der Waals surface area contributed by atoms with Gasteiger partial charge in [0.25, 0.3) is 0 Å². The molecule has 168 valence electrons. The molecule has 0 amide bonds. The molecule has 0 fully saturated rings. The number of benzene rings is 3. The highest BCUT2D eigenvalue weighted by Crippen LogP contribution is 2.58. The third-order valence-electron chi connectivity index (χ3n) is 6.87. The van der Waals surface area contributed by atoms with E-state index in [1.807, 2.05) is 37.4 Å². The Hall–Kier alpha value is -3.32. The van der Waals surface area contributed by atoms with Crippen molar-refractivity contribution >= 4 is 33.4 Å². The Morgan fingerprint density at radius 3 is 2.52 bits per heavy atom. The number of methoxy groups -OCH3 is 1. The molecule has 1 unspecified atom stereocenters. The largest absolute Gasteiger partial charge is 0.495 e. The maximum atomic E-state index is 12.0. The summed E-state index contributed by atoms with van der Waals surface area (Å²) in [5, 5.41) is 12.0. The van der Waals surface area contributed by atoms with E-state index in [1.54, 1.807) is 0 Å². The topological polar surface area (TPSA) is 64.8 Å². The highest BCUT2D eigenvalue weighted by Gasteiger charge is 2.59. The van der Waals surface area contributed by atoms with Crippen LogP contribution in [0.3, 0.4) is 0 Å². The summed E-state index contributed by atoms with van der Waals surface area (Å²) in [6.45, 7) is 4.23. The van der Waals surface area contributed by atoms with Crippen molar-refractivity contribution in [2.75, 3.05) is 19.1 Å². The normalized spacial score (nSPS) is 19.7. The Morgan fingerprint density at radius 2 is 1.85 bits per heavy atom. The lowest BCUT2D eigenvalue weighted by Crippen LogP contribution is -2.58. The lowest BCUT2D eigenvalue weighted by molar-refractivity contribution is -0.386. The summed E-state index contributed by atoms with van der Waals surface area (Å²) in [7, 11) is 3.47. The highest BCUT2D eigenvalue weighted by molar-refractivity contribution is 9.10. The third kappa shape index (κ3) is 2.85. The number of fused-ring (bicyclic) bond motifs is 2. The first kappa shape index (κ1) is 21.5. The molecule has 3 aromatic carbocycles. The summed E-state index contributed by atoms with van der Waals surface area (Å²) < 4.78 is 12.6. The number of nitro benzene ring substituents is 1. The van der Waals surface area contributed by atoms with Gasteiger partial charge in [-0.2, -0.15) is 0 Å². The quantitative estimate of drug-likeness (QED) is 0.297. The molecule has 2 aliphatic rings. The van der Waals surface area contributed by atoms with Crippen LogP contribution in [0.4, 0.5) is 11.4 Å². The number of anilines is 1. The molecule has 2 aliphatic heterocycles. The van der Waals surface area contributed by atoms with E-state index in [-0.39, 0.29) is 11.4 Å². The second-order valence-corrected chi connectivity index (χ2v) is 9.59. The number of para-hydroxylation sites is 1. The Kier molecular flexibility index (Phi) is 4.79. The number of halogens is 1. The van der Waals surface area contributed by atoms with Gasteiger partial charge in [-0.1, -0.05) is 48.5 Å². The zero-order valence-corrected chi connectivity index (χ0v) is 20.3. The van der Waals surface area contributed by atoms with Crippen molar-refractivity contribution in [3.63, 3.8) is 0 Å². The van der Waals surface area contributed by atoms with Gasteiger partial charge in [0, 0.05) is 18.2 Å². The fourth-order valence-corrected chi connectivity index (χ4v) is 5.69. The van der Waals surface area contributed by atoms with Crippen LogP contribution in [0, 0.1) is 10.1 Å². The second kappa shape index (κ2) is 7.35. The van der Waals surface area contributed by atoms with Gasteiger partial charge in [0.2, 0.25) is 11.5 Å². The number of hydrogen-bond acceptors (Lipinski definition) is 5. The van der Waals surface area contributed by atoms with E-state index in [1.165, 1.54) is 13.2 Å². The minimum absolute atomic E-state index is 0.128. The first-order valence-electron chi connectivity index (χ1n) is 10.6. The first-order valence-corrected chi connectivity index (χ1v) is 11.4. The van der Waals surface area contributed by atoms with Gasteiger partial charge < -0.3 is 14.4 Å². The molecule has 0 aliphatic carbocycles. The zero-order valence-electron chi connectivity index (χ0n) is 18.8. The molecule has 0 aromatic heterocycles. The fourth-order valence-electron chi connectivity index (χ4n) is 5.10. The Labute approximate surface area is 200 Å². The van der Waals surface area contributed by atoms with Gasteiger partial charge >= 0.3 is 5.69 Å². The zero-order chi connectivity index (χ0) is 23.5. The average Bonchev–Trinajstić information content (AvgIpc) is 2.98. The summed E-state index contributed by atoms with van der Waals surface area (Å²) in [5.41, 5.74) is 3.38. The summed E-state index contributed by atoms with van der Waals surface area (Å²) in [5.74, 6) is 0.613. The molecule has 0 N–H and O–H groups in total. The Morgan fingerprint density at radius 1 is 1.12 bits per heavy atom. The summed E-state index contributed by atoms with van der Waals surface area (Å²) in [6, 6.07) is 17.9. The molecule has 6 nitrogen and oxygen atoms in total. The monoisotopic (exact) mass is 506 g/mol. The van der Waals surface area contributed by atoms with E-state index in [2.05, 4.69) is 65.0 Å². The van der Waals surface area contributed by atoms with Gasteiger partial charge in [0.1, 0.15) is 5.75 Å². The van der Waals surface area contributed by atoms with Crippen LogP contribution < -0.4 is 14.4 Å². The van der Waals surface area contributed by atoms with Crippen molar-refractivity contribution in [3.8, 4) is 22.6 Å². The smallest absolute Gasteiger partial charge is 0.315 e. The van der Waals surface area contributed by atoms with Crippen LogP contribution in [0.25, 0.3) is 17.2 Å². The van der Waals surface area contributed by atoms with E-state index < -0.39 is 16.1 Å². The van der Waals surface area contributed by atoms with Crippen molar-refractivity contribution in [2.45, 2.75) is 25.0 Å². The molecule has 1 spiro atoms. The van der Waals surface area contributed by atoms with E-state index in [0.717, 1.165) is 22.4 Å². The van der Waals surface area contributed by atoms with Gasteiger partial charge in [-0.15, -0.1) is 0 Å². The molecule has 0 radical (unpaired) electrons. The molecule has 3 aromatic rings. The lowest BCUT2D eigenvalue weighted by atomic mass is 9.76. The fraction of sp³-hybridized carbons (Fsp3) is 0.231. The Balaban J connectivity index is 1.73. The summed E-state index contributed by atoms with van der Waals surface area (Å²) >= 11 is 3.53. The van der Waals surface area contributed by atoms with Crippen LogP contribution in [-0.4, -0.2) is 24.8 Å². The number of likely N-dealkylation sites (N-methyl/N-ethyl adjacent to an activating group) is 1. The van der Waals surface area contributed by atoms with Crippen LogP contribution in [0.1, 0.15) is 25.0 Å². The third-order valence-corrected chi connectivity index (χ3v) is 7.69. The molecule has 1 atom stereocenters. The molecule has 2 heterocycles. The number of hydrogen-bond donors (Lipinski definition) is 0. The highest BCUT2D eigenvalue weighted by atomic mass is 79.9. The van der Waals surface area contributed by atoms with Crippen LogP contribution >= 0.6 is 15.9 Å². The maximum absolute atomic E-state index is 12.0. The molecule has 7 heteroatoms.